The number of aryl methyl sites for hydroxylation is 1. The number of anilines is 1. The van der Waals surface area contributed by atoms with Crippen LogP contribution in [0.1, 0.15) is 16.7 Å². The van der Waals surface area contributed by atoms with Gasteiger partial charge < -0.3 is 4.74 Å². The van der Waals surface area contributed by atoms with Crippen molar-refractivity contribution < 1.29 is 9.53 Å². The highest BCUT2D eigenvalue weighted by Gasteiger charge is 2.33. The highest BCUT2D eigenvalue weighted by molar-refractivity contribution is 8.19. The van der Waals surface area contributed by atoms with Gasteiger partial charge >= 0.3 is 0 Å². The van der Waals surface area contributed by atoms with Crippen molar-refractivity contribution >= 4 is 34.6 Å². The van der Waals surface area contributed by atoms with Crippen LogP contribution in [0, 0.1) is 12.3 Å². The van der Waals surface area contributed by atoms with Crippen LogP contribution in [0.4, 0.5) is 5.69 Å². The van der Waals surface area contributed by atoms with E-state index in [4.69, 9.17) is 10.1 Å². The van der Waals surface area contributed by atoms with Crippen LogP contribution in [0.25, 0.3) is 6.08 Å². The number of amidine groups is 1. The van der Waals surface area contributed by atoms with Crippen LogP contribution < -0.4 is 9.64 Å². The van der Waals surface area contributed by atoms with E-state index >= 15 is 0 Å². The molecule has 0 atom stereocenters. The normalized spacial score (nSPS) is 15.2. The minimum Gasteiger partial charge on any atom is -0.489 e. The highest BCUT2D eigenvalue weighted by Crippen LogP contribution is 2.35. The average Bonchev–Trinajstić information content (AvgIpc) is 3.00. The summed E-state index contributed by atoms with van der Waals surface area (Å²) >= 11 is 1.17. The Balaban J connectivity index is 1.52. The van der Waals surface area contributed by atoms with E-state index in [1.165, 1.54) is 16.7 Å². The zero-order valence-electron chi connectivity index (χ0n) is 16.0. The van der Waals surface area contributed by atoms with Crippen molar-refractivity contribution in [1.29, 1.82) is 5.41 Å². The van der Waals surface area contributed by atoms with E-state index in [0.717, 1.165) is 28.1 Å². The predicted octanol–water partition coefficient (Wildman–Crippen LogP) is 5.63. The molecule has 144 valence electrons. The molecule has 4 rings (SSSR count). The summed E-state index contributed by atoms with van der Waals surface area (Å²) in [6.07, 6.45) is 1.81. The molecule has 1 fully saturated rings. The fraction of sp³-hybridized carbons (Fsp3) is 0.0833. The second-order valence-electron chi connectivity index (χ2n) is 6.74. The number of rotatable bonds is 5. The van der Waals surface area contributed by atoms with Crippen molar-refractivity contribution in [3.8, 4) is 5.75 Å². The van der Waals surface area contributed by atoms with Crippen molar-refractivity contribution in [2.24, 2.45) is 0 Å². The van der Waals surface area contributed by atoms with Crippen LogP contribution in [0.2, 0.25) is 0 Å². The summed E-state index contributed by atoms with van der Waals surface area (Å²) in [5.41, 5.74) is 3.73. The lowest BCUT2D eigenvalue weighted by molar-refractivity contribution is -0.113. The maximum Gasteiger partial charge on any atom is 0.271 e. The van der Waals surface area contributed by atoms with E-state index in [-0.39, 0.29) is 11.1 Å². The van der Waals surface area contributed by atoms with Gasteiger partial charge in [-0.3, -0.25) is 15.1 Å². The summed E-state index contributed by atoms with van der Waals surface area (Å²) in [7, 11) is 0. The van der Waals surface area contributed by atoms with Crippen molar-refractivity contribution in [2.75, 3.05) is 4.90 Å². The molecule has 29 heavy (non-hydrogen) atoms. The second kappa shape index (κ2) is 8.37. The molecule has 3 aromatic carbocycles. The number of hydrogen-bond donors (Lipinski definition) is 1. The molecule has 0 unspecified atom stereocenters. The lowest BCUT2D eigenvalue weighted by atomic mass is 10.2. The van der Waals surface area contributed by atoms with Gasteiger partial charge in [-0.25, -0.2) is 0 Å². The van der Waals surface area contributed by atoms with Gasteiger partial charge in [-0.15, -0.1) is 0 Å². The number of benzene rings is 3. The van der Waals surface area contributed by atoms with E-state index in [9.17, 15) is 4.79 Å². The fourth-order valence-electron chi connectivity index (χ4n) is 3.08. The smallest absolute Gasteiger partial charge is 0.271 e. The molecule has 5 heteroatoms. The molecule has 3 aromatic rings. The van der Waals surface area contributed by atoms with E-state index in [1.54, 1.807) is 0 Å². The van der Waals surface area contributed by atoms with Crippen LogP contribution in [0.5, 0.6) is 5.75 Å². The molecule has 1 aliphatic rings. The number of thioether (sulfide) groups is 1. The molecule has 1 N–H and O–H groups in total. The number of amides is 1. The Kier molecular flexibility index (Phi) is 5.49. The van der Waals surface area contributed by atoms with Crippen molar-refractivity contribution in [2.45, 2.75) is 13.5 Å². The Labute approximate surface area is 174 Å². The van der Waals surface area contributed by atoms with Crippen LogP contribution in [0.15, 0.2) is 83.8 Å². The summed E-state index contributed by atoms with van der Waals surface area (Å²) in [6, 6.07) is 25.2. The average molecular weight is 401 g/mol. The molecule has 4 nitrogen and oxygen atoms in total. The Morgan fingerprint density at radius 1 is 1.00 bits per heavy atom. The first kappa shape index (κ1) is 19.0. The number of carbonyl (C=O) groups is 1. The molecule has 0 aliphatic carbocycles. The number of carbonyl (C=O) groups excluding carboxylic acids is 1. The monoisotopic (exact) mass is 400 g/mol. The lowest BCUT2D eigenvalue weighted by Gasteiger charge is -2.14. The molecule has 0 radical (unpaired) electrons. The molecule has 0 aromatic heterocycles. The largest absolute Gasteiger partial charge is 0.489 e. The van der Waals surface area contributed by atoms with Gasteiger partial charge in [0.15, 0.2) is 5.17 Å². The third-order valence-corrected chi connectivity index (χ3v) is 5.38. The first-order valence-electron chi connectivity index (χ1n) is 9.26. The van der Waals surface area contributed by atoms with Crippen molar-refractivity contribution in [1.82, 2.24) is 0 Å². The molecular weight excluding hydrogens is 380 g/mol. The zero-order valence-corrected chi connectivity index (χ0v) is 16.8. The van der Waals surface area contributed by atoms with E-state index in [0.29, 0.717) is 11.5 Å². The van der Waals surface area contributed by atoms with Crippen LogP contribution >= 0.6 is 11.8 Å². The van der Waals surface area contributed by atoms with Crippen LogP contribution in [-0.4, -0.2) is 11.1 Å². The quantitative estimate of drug-likeness (QED) is 0.565. The molecule has 1 saturated heterocycles. The first-order valence-corrected chi connectivity index (χ1v) is 10.1. The molecule has 0 bridgehead atoms. The van der Waals surface area contributed by atoms with Crippen molar-refractivity contribution in [3.63, 3.8) is 0 Å². The van der Waals surface area contributed by atoms with Gasteiger partial charge in [-0.1, -0.05) is 54.6 Å². The van der Waals surface area contributed by atoms with E-state index in [2.05, 4.69) is 0 Å². The number of ether oxygens (including phenoxy) is 1. The highest BCUT2D eigenvalue weighted by atomic mass is 32.2. The third kappa shape index (κ3) is 4.41. The molecule has 0 saturated carbocycles. The maximum absolute atomic E-state index is 12.9. The molecule has 1 amide bonds. The summed E-state index contributed by atoms with van der Waals surface area (Å²) in [4.78, 5) is 14.9. The summed E-state index contributed by atoms with van der Waals surface area (Å²) in [6.45, 7) is 2.46. The lowest BCUT2D eigenvalue weighted by Crippen LogP contribution is -2.28. The first-order chi connectivity index (χ1) is 14.1. The van der Waals surface area contributed by atoms with Crippen LogP contribution in [-0.2, 0) is 11.4 Å². The topological polar surface area (TPSA) is 53.4 Å². The van der Waals surface area contributed by atoms with Gasteiger partial charge in [0.1, 0.15) is 12.4 Å². The van der Waals surface area contributed by atoms with Gasteiger partial charge in [-0.05, 0) is 65.7 Å². The molecule has 0 spiro atoms. The van der Waals surface area contributed by atoms with E-state index in [1.807, 2.05) is 91.9 Å². The van der Waals surface area contributed by atoms with Crippen LogP contribution in [0.3, 0.4) is 0 Å². The van der Waals surface area contributed by atoms with Gasteiger partial charge in [-0.2, -0.15) is 0 Å². The fourth-order valence-corrected chi connectivity index (χ4v) is 3.94. The number of hydrogen-bond acceptors (Lipinski definition) is 4. The predicted molar refractivity (Wildman–Crippen MR) is 119 cm³/mol. The Bertz CT molecular complexity index is 1090. The van der Waals surface area contributed by atoms with E-state index < -0.39 is 0 Å². The third-order valence-electron chi connectivity index (χ3n) is 4.49. The summed E-state index contributed by atoms with van der Waals surface area (Å²) in [5, 5.41) is 8.46. The van der Waals surface area contributed by atoms with Gasteiger partial charge in [0.25, 0.3) is 5.91 Å². The Hall–Kier alpha value is -3.31. The summed E-state index contributed by atoms with van der Waals surface area (Å²) in [5.74, 6) is 0.561. The van der Waals surface area contributed by atoms with Gasteiger partial charge in [0, 0.05) is 0 Å². The minimum atomic E-state index is -0.179. The molecular formula is C24H20N2O2S. The van der Waals surface area contributed by atoms with Crippen molar-refractivity contribution in [3.05, 3.63) is 100 Å². The SMILES string of the molecule is Cc1cccc(N2C(=N)S/C(=C\c3cccc(OCc4ccccc4)c3)C2=O)c1. The minimum absolute atomic E-state index is 0.179. The zero-order chi connectivity index (χ0) is 20.2. The van der Waals surface area contributed by atoms with Gasteiger partial charge in [0.2, 0.25) is 0 Å². The molecule has 1 aliphatic heterocycles. The Morgan fingerprint density at radius 2 is 1.79 bits per heavy atom. The maximum atomic E-state index is 12.9. The second-order valence-corrected chi connectivity index (χ2v) is 7.77. The van der Waals surface area contributed by atoms with Gasteiger partial charge in [0.05, 0.1) is 10.6 Å². The standard InChI is InChI=1S/C24H20N2O2S/c1-17-7-5-11-20(13-17)26-23(27)22(29-24(26)25)15-19-10-6-12-21(14-19)28-16-18-8-3-2-4-9-18/h2-15,25H,16H2,1H3/b22-15-,25-24?. The Morgan fingerprint density at radius 3 is 2.59 bits per heavy atom. The summed E-state index contributed by atoms with van der Waals surface area (Å²) < 4.78 is 5.88. The number of nitrogens with zero attached hydrogens (tertiary/aromatic N) is 1. The molecule has 1 heterocycles. The number of nitrogens with one attached hydrogen (secondary N) is 1.